The van der Waals surface area contributed by atoms with Gasteiger partial charge in [0.25, 0.3) is 0 Å². The van der Waals surface area contributed by atoms with Crippen LogP contribution in [0.15, 0.2) is 30.7 Å². The lowest BCUT2D eigenvalue weighted by Gasteiger charge is -2.27. The molecule has 4 heterocycles. The van der Waals surface area contributed by atoms with Crippen LogP contribution in [0.4, 0.5) is 0 Å². The minimum atomic E-state index is 0.178. The topological polar surface area (TPSA) is 59.0 Å². The number of likely N-dealkylation sites (tertiary alicyclic amines) is 1. The predicted molar refractivity (Wildman–Crippen MR) is 104 cm³/mol. The molecule has 6 heteroatoms. The molecular weight excluding hydrogens is 344 g/mol. The molecule has 0 spiro atoms. The van der Waals surface area contributed by atoms with E-state index in [0.29, 0.717) is 12.2 Å². The van der Waals surface area contributed by atoms with Gasteiger partial charge in [0, 0.05) is 42.0 Å². The Balaban J connectivity index is 1.55. The van der Waals surface area contributed by atoms with Crippen LogP contribution >= 0.6 is 11.3 Å². The second-order valence-electron chi connectivity index (χ2n) is 7.06. The van der Waals surface area contributed by atoms with E-state index in [1.807, 2.05) is 31.6 Å². The van der Waals surface area contributed by atoms with Crippen molar-refractivity contribution in [1.82, 2.24) is 19.9 Å². The highest BCUT2D eigenvalue weighted by Gasteiger charge is 2.23. The Kier molecular flexibility index (Phi) is 4.78. The monoisotopic (exact) mass is 366 g/mol. The summed E-state index contributed by atoms with van der Waals surface area (Å²) in [5.41, 5.74) is 1.76. The maximum atomic E-state index is 12.6. The number of piperidine rings is 1. The van der Waals surface area contributed by atoms with Crippen LogP contribution in [0.25, 0.3) is 21.3 Å². The number of hydrogen-bond donors (Lipinski definition) is 0. The third-order valence-electron chi connectivity index (χ3n) is 5.06. The van der Waals surface area contributed by atoms with Crippen molar-refractivity contribution in [2.24, 2.45) is 5.92 Å². The maximum absolute atomic E-state index is 12.6. The second kappa shape index (κ2) is 7.21. The lowest BCUT2D eigenvalue weighted by Crippen LogP contribution is -2.34. The Morgan fingerprint density at radius 1 is 1.12 bits per heavy atom. The van der Waals surface area contributed by atoms with E-state index in [1.165, 1.54) is 0 Å². The van der Waals surface area contributed by atoms with Crippen molar-refractivity contribution < 1.29 is 4.79 Å². The summed E-state index contributed by atoms with van der Waals surface area (Å²) >= 11 is 1.64. The standard InChI is InChI=1S/C20H22N4OS/c1-13-21-12-20(26-13)18-8-15-7-17(22-10-16(15)11-23-18)9-19(25)14-3-5-24(2)6-4-14/h7-8,10-12,14H,3-6,9H2,1-2H3. The molecule has 26 heavy (non-hydrogen) atoms. The van der Waals surface area contributed by atoms with E-state index in [2.05, 4.69) is 33.0 Å². The third kappa shape index (κ3) is 3.66. The van der Waals surface area contributed by atoms with Crippen LogP contribution in [0.3, 0.4) is 0 Å². The molecule has 0 bridgehead atoms. The lowest BCUT2D eigenvalue weighted by molar-refractivity contribution is -0.123. The van der Waals surface area contributed by atoms with E-state index >= 15 is 0 Å². The number of carbonyl (C=O) groups excluding carboxylic acids is 1. The molecule has 0 amide bonds. The van der Waals surface area contributed by atoms with Crippen LogP contribution in [0, 0.1) is 12.8 Å². The zero-order valence-corrected chi connectivity index (χ0v) is 15.9. The summed E-state index contributed by atoms with van der Waals surface area (Å²) in [6.45, 7) is 4.00. The van der Waals surface area contributed by atoms with Gasteiger partial charge in [-0.15, -0.1) is 11.3 Å². The first-order valence-corrected chi connectivity index (χ1v) is 9.79. The summed E-state index contributed by atoms with van der Waals surface area (Å²) in [6, 6.07) is 4.09. The number of fused-ring (bicyclic) bond motifs is 1. The number of thiazole rings is 1. The molecule has 0 aromatic carbocycles. The summed E-state index contributed by atoms with van der Waals surface area (Å²) < 4.78 is 0. The molecule has 0 unspecified atom stereocenters. The molecule has 0 atom stereocenters. The van der Waals surface area contributed by atoms with Gasteiger partial charge in [-0.25, -0.2) is 4.98 Å². The van der Waals surface area contributed by atoms with E-state index < -0.39 is 0 Å². The predicted octanol–water partition coefficient (Wildman–Crippen LogP) is 3.52. The van der Waals surface area contributed by atoms with Gasteiger partial charge in [0.15, 0.2) is 0 Å². The molecule has 0 radical (unpaired) electrons. The Morgan fingerprint density at radius 3 is 2.62 bits per heavy atom. The second-order valence-corrected chi connectivity index (χ2v) is 8.29. The van der Waals surface area contributed by atoms with Gasteiger partial charge >= 0.3 is 0 Å². The third-order valence-corrected chi connectivity index (χ3v) is 6.00. The fraction of sp³-hybridized carbons (Fsp3) is 0.400. The van der Waals surface area contributed by atoms with Crippen molar-refractivity contribution in [3.63, 3.8) is 0 Å². The van der Waals surface area contributed by atoms with Crippen molar-refractivity contribution in [3.05, 3.63) is 41.4 Å². The lowest BCUT2D eigenvalue weighted by atomic mass is 9.90. The number of hydrogen-bond acceptors (Lipinski definition) is 6. The number of aromatic nitrogens is 3. The number of Topliss-reactive ketones (excluding diaryl/α,β-unsaturated/α-hetero) is 1. The van der Waals surface area contributed by atoms with Crippen molar-refractivity contribution in [2.75, 3.05) is 20.1 Å². The van der Waals surface area contributed by atoms with E-state index in [4.69, 9.17) is 0 Å². The average molecular weight is 366 g/mol. The summed E-state index contributed by atoms with van der Waals surface area (Å²) in [5, 5.41) is 3.09. The number of rotatable bonds is 4. The van der Waals surface area contributed by atoms with Crippen LogP contribution in [-0.4, -0.2) is 45.8 Å². The fourth-order valence-corrected chi connectivity index (χ4v) is 4.19. The number of pyridine rings is 2. The quantitative estimate of drug-likeness (QED) is 0.707. The Bertz CT molecular complexity index is 944. The zero-order chi connectivity index (χ0) is 18.1. The van der Waals surface area contributed by atoms with E-state index in [-0.39, 0.29) is 5.92 Å². The average Bonchev–Trinajstić information content (AvgIpc) is 3.08. The van der Waals surface area contributed by atoms with E-state index in [0.717, 1.165) is 58.0 Å². The van der Waals surface area contributed by atoms with Crippen LogP contribution in [0.2, 0.25) is 0 Å². The normalized spacial score (nSPS) is 16.2. The minimum Gasteiger partial charge on any atom is -0.306 e. The minimum absolute atomic E-state index is 0.178. The molecule has 1 fully saturated rings. The van der Waals surface area contributed by atoms with Crippen molar-refractivity contribution in [1.29, 1.82) is 0 Å². The number of nitrogens with zero attached hydrogens (tertiary/aromatic N) is 4. The van der Waals surface area contributed by atoms with Gasteiger partial charge in [0.1, 0.15) is 5.78 Å². The van der Waals surface area contributed by atoms with Crippen LogP contribution in [-0.2, 0) is 11.2 Å². The van der Waals surface area contributed by atoms with Crippen molar-refractivity contribution in [3.8, 4) is 10.6 Å². The molecular formula is C20H22N4OS. The summed E-state index contributed by atoms with van der Waals surface area (Å²) in [5.74, 6) is 0.495. The fourth-order valence-electron chi connectivity index (χ4n) is 3.45. The highest BCUT2D eigenvalue weighted by molar-refractivity contribution is 7.15. The Labute approximate surface area is 157 Å². The molecule has 5 nitrogen and oxygen atoms in total. The van der Waals surface area contributed by atoms with Gasteiger partial charge < -0.3 is 4.90 Å². The van der Waals surface area contributed by atoms with Gasteiger partial charge in [-0.05, 0) is 57.4 Å². The van der Waals surface area contributed by atoms with Gasteiger partial charge in [-0.2, -0.15) is 0 Å². The zero-order valence-electron chi connectivity index (χ0n) is 15.1. The molecule has 4 rings (SSSR count). The maximum Gasteiger partial charge on any atom is 0.142 e. The van der Waals surface area contributed by atoms with Crippen molar-refractivity contribution >= 4 is 27.9 Å². The molecule has 0 N–H and O–H groups in total. The van der Waals surface area contributed by atoms with E-state index in [1.54, 1.807) is 11.3 Å². The highest BCUT2D eigenvalue weighted by atomic mass is 32.1. The van der Waals surface area contributed by atoms with Gasteiger partial charge in [0.2, 0.25) is 0 Å². The van der Waals surface area contributed by atoms with E-state index in [9.17, 15) is 4.79 Å². The largest absolute Gasteiger partial charge is 0.306 e. The Hall–Kier alpha value is -2.18. The summed E-state index contributed by atoms with van der Waals surface area (Å²) in [4.78, 5) is 29.3. The highest BCUT2D eigenvalue weighted by Crippen LogP contribution is 2.27. The molecule has 3 aromatic rings. The number of aryl methyl sites for hydroxylation is 1. The molecule has 1 aliphatic rings. The SMILES string of the molecule is Cc1ncc(-c2cc3cc(CC(=O)C4CCN(C)CC4)ncc3cn2)s1. The van der Waals surface area contributed by atoms with Gasteiger partial charge in [-0.3, -0.25) is 14.8 Å². The van der Waals surface area contributed by atoms with Crippen LogP contribution in [0.5, 0.6) is 0 Å². The summed E-state index contributed by atoms with van der Waals surface area (Å²) in [7, 11) is 2.11. The van der Waals surface area contributed by atoms with Gasteiger partial charge in [0.05, 0.1) is 15.6 Å². The number of ketones is 1. The molecule has 1 saturated heterocycles. The van der Waals surface area contributed by atoms with Gasteiger partial charge in [-0.1, -0.05) is 0 Å². The smallest absolute Gasteiger partial charge is 0.142 e. The molecule has 0 saturated carbocycles. The first-order valence-electron chi connectivity index (χ1n) is 8.97. The molecule has 0 aliphatic carbocycles. The molecule has 3 aromatic heterocycles. The Morgan fingerprint density at radius 2 is 1.88 bits per heavy atom. The van der Waals surface area contributed by atoms with Crippen LogP contribution in [0.1, 0.15) is 23.5 Å². The molecule has 134 valence electrons. The number of carbonyl (C=O) groups is 1. The van der Waals surface area contributed by atoms with Crippen LogP contribution < -0.4 is 0 Å². The first kappa shape index (κ1) is 17.2. The first-order chi connectivity index (χ1) is 12.6. The summed E-state index contributed by atoms with van der Waals surface area (Å²) in [6.07, 6.45) is 7.86. The van der Waals surface area contributed by atoms with Crippen molar-refractivity contribution in [2.45, 2.75) is 26.2 Å². The molecule has 1 aliphatic heterocycles.